The fourth-order valence-electron chi connectivity index (χ4n) is 1.49. The molecule has 0 radical (unpaired) electrons. The summed E-state index contributed by atoms with van der Waals surface area (Å²) in [6.45, 7) is 1.91. The molecule has 6 heteroatoms. The van der Waals surface area contributed by atoms with Crippen molar-refractivity contribution in [1.29, 1.82) is 0 Å². The van der Waals surface area contributed by atoms with Crippen LogP contribution in [0.25, 0.3) is 0 Å². The Labute approximate surface area is 107 Å². The molecule has 17 heavy (non-hydrogen) atoms. The van der Waals surface area contributed by atoms with Crippen LogP contribution >= 0.6 is 23.1 Å². The largest absolute Gasteiger partial charge is 0.327 e. The predicted molar refractivity (Wildman–Crippen MR) is 68.6 cm³/mol. The van der Waals surface area contributed by atoms with Gasteiger partial charge in [-0.05, 0) is 24.6 Å². The van der Waals surface area contributed by atoms with Gasteiger partial charge in [0.25, 0.3) is 0 Å². The van der Waals surface area contributed by atoms with Gasteiger partial charge >= 0.3 is 0 Å². The molecule has 0 spiro atoms. The van der Waals surface area contributed by atoms with Crippen LogP contribution in [0.3, 0.4) is 0 Å². The van der Waals surface area contributed by atoms with Gasteiger partial charge < -0.3 is 5.73 Å². The fourth-order valence-corrected chi connectivity index (χ4v) is 3.24. The Balaban J connectivity index is 2.23. The SMILES string of the molecule is CC(N)C(Sc1nncs1)c1cccc(F)c1. The van der Waals surface area contributed by atoms with Gasteiger partial charge in [0, 0.05) is 6.04 Å². The molecule has 0 saturated heterocycles. The summed E-state index contributed by atoms with van der Waals surface area (Å²) in [5.41, 5.74) is 8.50. The van der Waals surface area contributed by atoms with E-state index in [9.17, 15) is 4.39 Å². The van der Waals surface area contributed by atoms with Gasteiger partial charge in [0.15, 0.2) is 4.34 Å². The second-order valence-corrected chi connectivity index (χ2v) is 5.88. The van der Waals surface area contributed by atoms with E-state index >= 15 is 0 Å². The Morgan fingerprint density at radius 3 is 2.88 bits per heavy atom. The van der Waals surface area contributed by atoms with Gasteiger partial charge in [0.1, 0.15) is 11.3 Å². The van der Waals surface area contributed by atoms with E-state index in [4.69, 9.17) is 5.73 Å². The van der Waals surface area contributed by atoms with Gasteiger partial charge in [0.2, 0.25) is 0 Å². The molecule has 0 aliphatic heterocycles. The van der Waals surface area contributed by atoms with Gasteiger partial charge in [-0.15, -0.1) is 10.2 Å². The monoisotopic (exact) mass is 269 g/mol. The smallest absolute Gasteiger partial charge is 0.174 e. The summed E-state index contributed by atoms with van der Waals surface area (Å²) < 4.78 is 14.0. The third-order valence-electron chi connectivity index (χ3n) is 2.22. The first-order chi connectivity index (χ1) is 8.16. The number of hydrogen-bond acceptors (Lipinski definition) is 5. The molecule has 2 rings (SSSR count). The molecule has 2 aromatic rings. The van der Waals surface area contributed by atoms with Crippen LogP contribution in [0.4, 0.5) is 4.39 Å². The standard InChI is InChI=1S/C11H12FN3S2/c1-7(13)10(17-11-15-14-6-16-11)8-3-2-4-9(12)5-8/h2-7,10H,13H2,1H3. The molecule has 0 fully saturated rings. The molecule has 0 amide bonds. The Morgan fingerprint density at radius 2 is 2.29 bits per heavy atom. The predicted octanol–water partition coefficient (Wildman–Crippen LogP) is 2.86. The van der Waals surface area contributed by atoms with Crippen molar-refractivity contribution in [2.24, 2.45) is 5.73 Å². The maximum absolute atomic E-state index is 13.2. The summed E-state index contributed by atoms with van der Waals surface area (Å²) in [7, 11) is 0. The van der Waals surface area contributed by atoms with Gasteiger partial charge in [0.05, 0.1) is 5.25 Å². The highest BCUT2D eigenvalue weighted by molar-refractivity contribution is 8.01. The van der Waals surface area contributed by atoms with Crippen LogP contribution in [-0.2, 0) is 0 Å². The lowest BCUT2D eigenvalue weighted by molar-refractivity contribution is 0.622. The van der Waals surface area contributed by atoms with Crippen molar-refractivity contribution in [3.63, 3.8) is 0 Å². The van der Waals surface area contributed by atoms with Crippen LogP contribution in [0, 0.1) is 5.82 Å². The first-order valence-electron chi connectivity index (χ1n) is 5.10. The molecule has 2 N–H and O–H groups in total. The lowest BCUT2D eigenvalue weighted by Gasteiger charge is -2.19. The van der Waals surface area contributed by atoms with E-state index in [1.165, 1.54) is 35.2 Å². The maximum Gasteiger partial charge on any atom is 0.174 e. The Morgan fingerprint density at radius 1 is 1.47 bits per heavy atom. The first kappa shape index (κ1) is 12.5. The van der Waals surface area contributed by atoms with E-state index in [2.05, 4.69) is 10.2 Å². The number of hydrogen-bond donors (Lipinski definition) is 1. The van der Waals surface area contributed by atoms with Crippen LogP contribution in [0.1, 0.15) is 17.7 Å². The minimum atomic E-state index is -0.244. The van der Waals surface area contributed by atoms with E-state index in [-0.39, 0.29) is 17.1 Å². The zero-order chi connectivity index (χ0) is 12.3. The highest BCUT2D eigenvalue weighted by atomic mass is 32.2. The van der Waals surface area contributed by atoms with E-state index < -0.39 is 0 Å². The van der Waals surface area contributed by atoms with Crippen molar-refractivity contribution in [3.8, 4) is 0 Å². The third kappa shape index (κ3) is 3.24. The van der Waals surface area contributed by atoms with E-state index in [0.717, 1.165) is 9.90 Å². The van der Waals surface area contributed by atoms with Gasteiger partial charge in [-0.1, -0.05) is 35.2 Å². The minimum Gasteiger partial charge on any atom is -0.327 e. The third-order valence-corrected chi connectivity index (χ3v) is 4.52. The van der Waals surface area contributed by atoms with Crippen LogP contribution in [0.15, 0.2) is 34.1 Å². The highest BCUT2D eigenvalue weighted by Gasteiger charge is 2.19. The molecular weight excluding hydrogens is 257 g/mol. The van der Waals surface area contributed by atoms with Crippen LogP contribution in [-0.4, -0.2) is 16.2 Å². The summed E-state index contributed by atoms with van der Waals surface area (Å²) in [5.74, 6) is -0.244. The summed E-state index contributed by atoms with van der Waals surface area (Å²) in [6, 6.07) is 6.43. The fraction of sp³-hybridized carbons (Fsp3) is 0.273. The second kappa shape index (κ2) is 5.57. The van der Waals surface area contributed by atoms with Crippen molar-refractivity contribution in [2.45, 2.75) is 22.6 Å². The van der Waals surface area contributed by atoms with Crippen molar-refractivity contribution < 1.29 is 4.39 Å². The quantitative estimate of drug-likeness (QED) is 0.867. The molecule has 0 saturated carbocycles. The molecule has 1 aromatic heterocycles. The molecule has 3 nitrogen and oxygen atoms in total. The van der Waals surface area contributed by atoms with Crippen molar-refractivity contribution in [1.82, 2.24) is 10.2 Å². The Kier molecular flexibility index (Phi) is 4.09. The second-order valence-electron chi connectivity index (χ2n) is 3.66. The van der Waals surface area contributed by atoms with Gasteiger partial charge in [-0.2, -0.15) is 0 Å². The van der Waals surface area contributed by atoms with Crippen LogP contribution in [0.5, 0.6) is 0 Å². The number of nitrogens with zero attached hydrogens (tertiary/aromatic N) is 2. The summed E-state index contributed by atoms with van der Waals surface area (Å²) in [5, 5.41) is 7.73. The van der Waals surface area contributed by atoms with Crippen molar-refractivity contribution in [2.75, 3.05) is 0 Å². The molecular formula is C11H12FN3S2. The molecule has 0 aliphatic carbocycles. The van der Waals surface area contributed by atoms with E-state index in [1.807, 2.05) is 13.0 Å². The summed E-state index contributed by atoms with van der Waals surface area (Å²) in [4.78, 5) is 0. The molecule has 1 aromatic carbocycles. The van der Waals surface area contributed by atoms with E-state index in [0.29, 0.717) is 0 Å². The van der Waals surface area contributed by atoms with Gasteiger partial charge in [-0.25, -0.2) is 4.39 Å². The summed E-state index contributed by atoms with van der Waals surface area (Å²) in [6.07, 6.45) is 0. The average Bonchev–Trinajstić information content (AvgIpc) is 2.78. The maximum atomic E-state index is 13.2. The molecule has 1 heterocycles. The van der Waals surface area contributed by atoms with Crippen molar-refractivity contribution in [3.05, 3.63) is 41.2 Å². The number of thioether (sulfide) groups is 1. The topological polar surface area (TPSA) is 51.8 Å². The van der Waals surface area contributed by atoms with Crippen LogP contribution in [0.2, 0.25) is 0 Å². The molecule has 0 bridgehead atoms. The normalized spacial score (nSPS) is 14.5. The Bertz CT molecular complexity index is 473. The molecule has 0 aliphatic rings. The number of nitrogens with two attached hydrogens (primary N) is 1. The number of halogens is 1. The summed E-state index contributed by atoms with van der Waals surface area (Å²) >= 11 is 2.98. The zero-order valence-corrected chi connectivity index (χ0v) is 10.8. The highest BCUT2D eigenvalue weighted by Crippen LogP contribution is 2.37. The zero-order valence-electron chi connectivity index (χ0n) is 9.21. The molecule has 2 atom stereocenters. The minimum absolute atomic E-state index is 0.0151. The molecule has 90 valence electrons. The average molecular weight is 269 g/mol. The number of rotatable bonds is 4. The Hall–Kier alpha value is -0.980. The van der Waals surface area contributed by atoms with Crippen LogP contribution < -0.4 is 5.73 Å². The van der Waals surface area contributed by atoms with Crippen molar-refractivity contribution >= 4 is 23.1 Å². The number of aromatic nitrogens is 2. The lowest BCUT2D eigenvalue weighted by Crippen LogP contribution is -2.22. The molecule has 2 unspecified atom stereocenters. The number of benzene rings is 1. The van der Waals surface area contributed by atoms with Gasteiger partial charge in [-0.3, -0.25) is 0 Å². The van der Waals surface area contributed by atoms with E-state index in [1.54, 1.807) is 11.6 Å². The first-order valence-corrected chi connectivity index (χ1v) is 6.86. The lowest BCUT2D eigenvalue weighted by atomic mass is 10.1.